The minimum atomic E-state index is -1.13. The van der Waals surface area contributed by atoms with Gasteiger partial charge in [-0.3, -0.25) is 9.59 Å². The first-order valence-corrected chi connectivity index (χ1v) is 8.08. The molecule has 2 aromatic rings. The number of carboxylic acid groups (broad SMARTS) is 1. The zero-order chi connectivity index (χ0) is 18.7. The van der Waals surface area contributed by atoms with Crippen molar-refractivity contribution in [2.24, 2.45) is 11.7 Å². The van der Waals surface area contributed by atoms with Crippen molar-refractivity contribution in [3.63, 3.8) is 0 Å². The maximum Gasteiger partial charge on any atom is 0.341 e. The van der Waals surface area contributed by atoms with Crippen LogP contribution < -0.4 is 10.5 Å². The molecule has 3 N–H and O–H groups in total. The number of carbonyl (C=O) groups excluding carboxylic acids is 2. The number of hydrogen-bond donors (Lipinski definition) is 2. The topological polar surface area (TPSA) is 112 Å². The Kier molecular flexibility index (Phi) is 5.46. The third kappa shape index (κ3) is 3.65. The summed E-state index contributed by atoms with van der Waals surface area (Å²) in [5, 5.41) is 9.28. The van der Waals surface area contributed by atoms with Crippen molar-refractivity contribution >= 4 is 28.6 Å². The number of carbonyl (C=O) groups is 3. The number of benzene rings is 1. The average molecular weight is 346 g/mol. The molecule has 0 aliphatic rings. The zero-order valence-corrected chi connectivity index (χ0v) is 14.5. The van der Waals surface area contributed by atoms with Gasteiger partial charge in [0.1, 0.15) is 5.75 Å². The van der Waals surface area contributed by atoms with Gasteiger partial charge in [-0.1, -0.05) is 26.3 Å². The Labute approximate surface area is 145 Å². The predicted octanol–water partition coefficient (Wildman–Crippen LogP) is 2.13. The molecule has 25 heavy (non-hydrogen) atoms. The second-order valence-electron chi connectivity index (χ2n) is 6.11. The Morgan fingerprint density at radius 2 is 2.00 bits per heavy atom. The monoisotopic (exact) mass is 346 g/mol. The second-order valence-corrected chi connectivity index (χ2v) is 6.11. The Balaban J connectivity index is 2.72. The number of ether oxygens (including phenoxy) is 1. The fraction of sp³-hybridized carbons (Fsp3) is 0.389. The van der Waals surface area contributed by atoms with Gasteiger partial charge in [0, 0.05) is 12.2 Å². The zero-order valence-electron chi connectivity index (χ0n) is 14.5. The fourth-order valence-electron chi connectivity index (χ4n) is 2.83. The number of nitrogens with zero attached hydrogens (tertiary/aromatic N) is 1. The predicted molar refractivity (Wildman–Crippen MR) is 92.8 cm³/mol. The molecule has 0 saturated carbocycles. The van der Waals surface area contributed by atoms with Crippen LogP contribution in [0.2, 0.25) is 0 Å². The highest BCUT2D eigenvalue weighted by molar-refractivity contribution is 6.45. The van der Waals surface area contributed by atoms with Crippen LogP contribution in [0, 0.1) is 12.8 Å². The Hall–Kier alpha value is -2.83. The van der Waals surface area contributed by atoms with Gasteiger partial charge in [0.25, 0.3) is 11.7 Å². The maximum atomic E-state index is 12.4. The Morgan fingerprint density at radius 1 is 1.32 bits per heavy atom. The minimum Gasteiger partial charge on any atom is -0.481 e. The molecule has 0 unspecified atom stereocenters. The standard InChI is InChI=1S/C18H22N2O5/c1-4-10(2)8-20-11(3)15(17(23)18(19)24)16-12(20)6-5-7-13(16)25-9-14(21)22/h5-7,10H,4,8-9H2,1-3H3,(H2,19,24)(H,21,22)/t10-/m0/s1. The van der Waals surface area contributed by atoms with E-state index in [0.717, 1.165) is 6.42 Å². The number of carboxylic acids is 1. The van der Waals surface area contributed by atoms with E-state index in [1.54, 1.807) is 19.1 Å². The molecular formula is C18H22N2O5. The first-order valence-electron chi connectivity index (χ1n) is 8.08. The van der Waals surface area contributed by atoms with Crippen LogP contribution in [0.25, 0.3) is 10.9 Å². The van der Waals surface area contributed by atoms with Crippen molar-refractivity contribution in [2.45, 2.75) is 33.7 Å². The van der Waals surface area contributed by atoms with E-state index < -0.39 is 24.3 Å². The SMILES string of the molecule is CC[C@H](C)Cn1c(C)c(C(=O)C(N)=O)c2c(OCC(=O)O)cccc21. The minimum absolute atomic E-state index is 0.173. The number of Topliss-reactive ketones (excluding diaryl/α,β-unsaturated/α-hetero) is 1. The summed E-state index contributed by atoms with van der Waals surface area (Å²) in [5.74, 6) is -2.39. The number of primary amides is 1. The molecule has 0 bridgehead atoms. The van der Waals surface area contributed by atoms with Crippen LogP contribution in [0.15, 0.2) is 18.2 Å². The number of amides is 1. The molecular weight excluding hydrogens is 324 g/mol. The van der Waals surface area contributed by atoms with Crippen molar-refractivity contribution in [3.05, 3.63) is 29.5 Å². The van der Waals surface area contributed by atoms with Crippen LogP contribution in [0.4, 0.5) is 0 Å². The van der Waals surface area contributed by atoms with E-state index in [2.05, 4.69) is 13.8 Å². The normalized spacial score (nSPS) is 12.1. The van der Waals surface area contributed by atoms with E-state index >= 15 is 0 Å². The van der Waals surface area contributed by atoms with Gasteiger partial charge in [0.2, 0.25) is 0 Å². The molecule has 1 aromatic heterocycles. The summed E-state index contributed by atoms with van der Waals surface area (Å²) in [4.78, 5) is 34.7. The lowest BCUT2D eigenvalue weighted by molar-refractivity contribution is -0.139. The van der Waals surface area contributed by atoms with Gasteiger partial charge in [0.05, 0.1) is 16.5 Å². The lowest BCUT2D eigenvalue weighted by atomic mass is 10.1. The maximum absolute atomic E-state index is 12.4. The van der Waals surface area contributed by atoms with Gasteiger partial charge in [-0.15, -0.1) is 0 Å². The molecule has 0 aliphatic heterocycles. The number of nitrogens with two attached hydrogens (primary N) is 1. The molecule has 0 saturated heterocycles. The largest absolute Gasteiger partial charge is 0.481 e. The molecule has 1 atom stereocenters. The van der Waals surface area contributed by atoms with Gasteiger partial charge >= 0.3 is 5.97 Å². The fourth-order valence-corrected chi connectivity index (χ4v) is 2.83. The third-order valence-electron chi connectivity index (χ3n) is 4.30. The highest BCUT2D eigenvalue weighted by atomic mass is 16.5. The summed E-state index contributed by atoms with van der Waals surface area (Å²) in [6.07, 6.45) is 0.952. The van der Waals surface area contributed by atoms with E-state index in [-0.39, 0.29) is 11.3 Å². The summed E-state index contributed by atoms with van der Waals surface area (Å²) in [6.45, 7) is 6.03. The van der Waals surface area contributed by atoms with Crippen LogP contribution in [0.1, 0.15) is 36.3 Å². The Bertz CT molecular complexity index is 838. The van der Waals surface area contributed by atoms with Gasteiger partial charge in [-0.25, -0.2) is 4.79 Å². The van der Waals surface area contributed by atoms with Crippen LogP contribution in [-0.4, -0.2) is 33.9 Å². The molecule has 134 valence electrons. The number of hydrogen-bond acceptors (Lipinski definition) is 4. The summed E-state index contributed by atoms with van der Waals surface area (Å²) in [6, 6.07) is 5.12. The number of aliphatic carboxylic acids is 1. The number of aromatic nitrogens is 1. The molecule has 0 radical (unpaired) electrons. The Morgan fingerprint density at radius 3 is 2.56 bits per heavy atom. The van der Waals surface area contributed by atoms with E-state index in [4.69, 9.17) is 15.6 Å². The molecule has 2 rings (SSSR count). The van der Waals surface area contributed by atoms with E-state index in [9.17, 15) is 14.4 Å². The molecule has 0 fully saturated rings. The first kappa shape index (κ1) is 18.5. The van der Waals surface area contributed by atoms with Crippen molar-refractivity contribution in [1.29, 1.82) is 0 Å². The number of ketones is 1. The van der Waals surface area contributed by atoms with Crippen molar-refractivity contribution in [2.75, 3.05) is 6.61 Å². The quantitative estimate of drug-likeness (QED) is 0.562. The van der Waals surface area contributed by atoms with Crippen molar-refractivity contribution in [1.82, 2.24) is 4.57 Å². The van der Waals surface area contributed by atoms with Crippen molar-refractivity contribution in [3.8, 4) is 5.75 Å². The highest BCUT2D eigenvalue weighted by Gasteiger charge is 2.26. The first-order chi connectivity index (χ1) is 11.8. The van der Waals surface area contributed by atoms with E-state index in [1.807, 2.05) is 10.6 Å². The van der Waals surface area contributed by atoms with Crippen LogP contribution in [0.5, 0.6) is 5.75 Å². The lowest BCUT2D eigenvalue weighted by Gasteiger charge is -2.13. The molecule has 1 heterocycles. The van der Waals surface area contributed by atoms with Gasteiger partial charge < -0.3 is 20.1 Å². The lowest BCUT2D eigenvalue weighted by Crippen LogP contribution is -2.24. The number of rotatable bonds is 8. The van der Waals surface area contributed by atoms with Gasteiger partial charge in [-0.2, -0.15) is 0 Å². The molecule has 1 aromatic carbocycles. The van der Waals surface area contributed by atoms with Crippen LogP contribution >= 0.6 is 0 Å². The van der Waals surface area contributed by atoms with Gasteiger partial charge in [-0.05, 0) is 25.0 Å². The molecule has 7 nitrogen and oxygen atoms in total. The summed E-state index contributed by atoms with van der Waals surface area (Å²) in [7, 11) is 0. The summed E-state index contributed by atoms with van der Waals surface area (Å²) >= 11 is 0. The molecule has 0 spiro atoms. The molecule has 1 amide bonds. The number of fused-ring (bicyclic) bond motifs is 1. The van der Waals surface area contributed by atoms with Crippen molar-refractivity contribution < 1.29 is 24.2 Å². The molecule has 7 heteroatoms. The third-order valence-corrected chi connectivity index (χ3v) is 4.30. The van der Waals surface area contributed by atoms with Crippen LogP contribution in [-0.2, 0) is 16.1 Å². The highest BCUT2D eigenvalue weighted by Crippen LogP contribution is 2.34. The molecule has 0 aliphatic carbocycles. The smallest absolute Gasteiger partial charge is 0.341 e. The van der Waals surface area contributed by atoms with Gasteiger partial charge in [0.15, 0.2) is 6.61 Å². The van der Waals surface area contributed by atoms with E-state index in [0.29, 0.717) is 29.1 Å². The van der Waals surface area contributed by atoms with Crippen LogP contribution in [0.3, 0.4) is 0 Å². The summed E-state index contributed by atoms with van der Waals surface area (Å²) < 4.78 is 7.29. The second kappa shape index (κ2) is 7.38. The average Bonchev–Trinajstić information content (AvgIpc) is 2.84. The van der Waals surface area contributed by atoms with E-state index in [1.165, 1.54) is 0 Å². The summed E-state index contributed by atoms with van der Waals surface area (Å²) in [5.41, 5.74) is 6.71.